The average molecular weight is 249 g/mol. The zero-order valence-electron chi connectivity index (χ0n) is 10.6. The van der Waals surface area contributed by atoms with Crippen LogP contribution in [0.3, 0.4) is 0 Å². The second-order valence-corrected chi connectivity index (χ2v) is 4.48. The molecule has 0 saturated carbocycles. The summed E-state index contributed by atoms with van der Waals surface area (Å²) in [5, 5.41) is 14.4. The number of rotatable bonds is 5. The summed E-state index contributed by atoms with van der Waals surface area (Å²) in [5.74, 6) is -0.0708. The Morgan fingerprint density at radius 3 is 2.50 bits per heavy atom. The van der Waals surface area contributed by atoms with Crippen LogP contribution < -0.4 is 11.1 Å². The van der Waals surface area contributed by atoms with Crippen LogP contribution in [0.15, 0.2) is 35.5 Å². The molecular weight excluding hydrogens is 230 g/mol. The van der Waals surface area contributed by atoms with Gasteiger partial charge in [0.05, 0.1) is 12.5 Å². The Hall–Kier alpha value is -2.04. The molecule has 1 aromatic carbocycles. The molecule has 1 rings (SSSR count). The number of amidine groups is 1. The van der Waals surface area contributed by atoms with Gasteiger partial charge in [-0.15, -0.1) is 0 Å². The Balaban J connectivity index is 2.63. The number of oxime groups is 1. The molecule has 1 amide bonds. The molecular formula is C13H19N3O2. The predicted molar refractivity (Wildman–Crippen MR) is 70.3 cm³/mol. The highest BCUT2D eigenvalue weighted by Gasteiger charge is 2.20. The maximum Gasteiger partial charge on any atom is 0.225 e. The van der Waals surface area contributed by atoms with Gasteiger partial charge in [0.15, 0.2) is 5.84 Å². The first-order chi connectivity index (χ1) is 8.54. The van der Waals surface area contributed by atoms with E-state index < -0.39 is 6.04 Å². The van der Waals surface area contributed by atoms with Gasteiger partial charge in [-0.05, 0) is 11.5 Å². The molecule has 0 radical (unpaired) electrons. The van der Waals surface area contributed by atoms with Crippen molar-refractivity contribution in [1.29, 1.82) is 0 Å². The summed E-state index contributed by atoms with van der Waals surface area (Å²) < 4.78 is 0. The number of hydrogen-bond acceptors (Lipinski definition) is 3. The molecule has 4 N–H and O–H groups in total. The molecule has 18 heavy (non-hydrogen) atoms. The first kappa shape index (κ1) is 14.0. The summed E-state index contributed by atoms with van der Waals surface area (Å²) in [4.78, 5) is 11.8. The van der Waals surface area contributed by atoms with Crippen LogP contribution in [-0.4, -0.2) is 23.0 Å². The third-order valence-electron chi connectivity index (χ3n) is 2.62. The van der Waals surface area contributed by atoms with E-state index in [1.807, 2.05) is 44.2 Å². The molecule has 0 saturated heterocycles. The minimum Gasteiger partial charge on any atom is -0.409 e. The molecule has 5 nitrogen and oxygen atoms in total. The lowest BCUT2D eigenvalue weighted by atomic mass is 10.0. The van der Waals surface area contributed by atoms with Crippen molar-refractivity contribution in [2.45, 2.75) is 26.3 Å². The lowest BCUT2D eigenvalue weighted by Gasteiger charge is -2.20. The molecule has 0 aliphatic heterocycles. The van der Waals surface area contributed by atoms with Gasteiger partial charge in [-0.1, -0.05) is 49.3 Å². The Bertz CT molecular complexity index is 416. The number of hydrogen-bond donors (Lipinski definition) is 3. The Morgan fingerprint density at radius 2 is 2.00 bits per heavy atom. The zero-order valence-corrected chi connectivity index (χ0v) is 10.6. The summed E-state index contributed by atoms with van der Waals surface area (Å²) in [6, 6.07) is 8.97. The molecule has 0 aromatic heterocycles. The largest absolute Gasteiger partial charge is 0.409 e. The third-order valence-corrected chi connectivity index (χ3v) is 2.62. The van der Waals surface area contributed by atoms with E-state index in [1.165, 1.54) is 0 Å². The van der Waals surface area contributed by atoms with Crippen LogP contribution in [0.5, 0.6) is 0 Å². The van der Waals surface area contributed by atoms with Gasteiger partial charge in [0, 0.05) is 0 Å². The fraction of sp³-hybridized carbons (Fsp3) is 0.385. The van der Waals surface area contributed by atoms with Gasteiger partial charge in [-0.3, -0.25) is 4.79 Å². The Kier molecular flexibility index (Phi) is 5.17. The number of nitrogens with one attached hydrogen (secondary N) is 1. The van der Waals surface area contributed by atoms with Gasteiger partial charge in [0.25, 0.3) is 0 Å². The quantitative estimate of drug-likeness (QED) is 0.316. The lowest BCUT2D eigenvalue weighted by molar-refractivity contribution is -0.121. The highest BCUT2D eigenvalue weighted by Crippen LogP contribution is 2.04. The Labute approximate surface area is 107 Å². The van der Waals surface area contributed by atoms with Crippen LogP contribution in [0.4, 0.5) is 0 Å². The number of nitrogens with zero attached hydrogens (tertiary/aromatic N) is 1. The topological polar surface area (TPSA) is 87.7 Å². The van der Waals surface area contributed by atoms with Crippen molar-refractivity contribution in [1.82, 2.24) is 5.32 Å². The molecule has 0 aliphatic carbocycles. The van der Waals surface area contributed by atoms with Crippen molar-refractivity contribution >= 4 is 11.7 Å². The summed E-state index contributed by atoms with van der Waals surface area (Å²) in [6.45, 7) is 3.79. The number of carbonyl (C=O) groups is 1. The number of amides is 1. The maximum absolute atomic E-state index is 11.8. The summed E-state index contributed by atoms with van der Waals surface area (Å²) >= 11 is 0. The molecule has 0 aliphatic rings. The molecule has 1 atom stereocenters. The third kappa shape index (κ3) is 4.08. The Morgan fingerprint density at radius 1 is 1.39 bits per heavy atom. The van der Waals surface area contributed by atoms with E-state index in [0.717, 1.165) is 5.56 Å². The van der Waals surface area contributed by atoms with E-state index in [9.17, 15) is 4.79 Å². The SMILES string of the molecule is CC(C)C(NC(=O)Cc1ccccc1)C(N)=NO. The van der Waals surface area contributed by atoms with Crippen molar-refractivity contribution in [3.8, 4) is 0 Å². The van der Waals surface area contributed by atoms with Crippen LogP contribution in [0.25, 0.3) is 0 Å². The molecule has 0 spiro atoms. The molecule has 98 valence electrons. The average Bonchev–Trinajstić information content (AvgIpc) is 2.36. The van der Waals surface area contributed by atoms with Crippen LogP contribution in [-0.2, 0) is 11.2 Å². The van der Waals surface area contributed by atoms with Crippen molar-refractivity contribution in [2.75, 3.05) is 0 Å². The van der Waals surface area contributed by atoms with Gasteiger partial charge in [-0.25, -0.2) is 0 Å². The van der Waals surface area contributed by atoms with E-state index in [0.29, 0.717) is 0 Å². The smallest absolute Gasteiger partial charge is 0.225 e. The molecule has 0 bridgehead atoms. The summed E-state index contributed by atoms with van der Waals surface area (Å²) in [6.07, 6.45) is 0.281. The normalized spacial score (nSPS) is 13.4. The van der Waals surface area contributed by atoms with Crippen LogP contribution in [0, 0.1) is 5.92 Å². The first-order valence-electron chi connectivity index (χ1n) is 5.85. The fourth-order valence-corrected chi connectivity index (χ4v) is 1.65. The maximum atomic E-state index is 11.8. The molecule has 5 heteroatoms. The van der Waals surface area contributed by atoms with E-state index in [-0.39, 0.29) is 24.1 Å². The molecule has 1 aromatic rings. The van der Waals surface area contributed by atoms with Crippen molar-refractivity contribution in [3.63, 3.8) is 0 Å². The monoisotopic (exact) mass is 249 g/mol. The van der Waals surface area contributed by atoms with Gasteiger partial charge in [-0.2, -0.15) is 0 Å². The fourth-order valence-electron chi connectivity index (χ4n) is 1.65. The van der Waals surface area contributed by atoms with Crippen LogP contribution >= 0.6 is 0 Å². The van der Waals surface area contributed by atoms with Gasteiger partial charge < -0.3 is 16.3 Å². The van der Waals surface area contributed by atoms with Crippen molar-refractivity contribution in [3.05, 3.63) is 35.9 Å². The van der Waals surface area contributed by atoms with Gasteiger partial charge >= 0.3 is 0 Å². The lowest BCUT2D eigenvalue weighted by Crippen LogP contribution is -2.48. The minimum absolute atomic E-state index is 0.0198. The molecule has 1 unspecified atom stereocenters. The number of benzene rings is 1. The van der Waals surface area contributed by atoms with Gasteiger partial charge in [0.1, 0.15) is 0 Å². The van der Waals surface area contributed by atoms with E-state index >= 15 is 0 Å². The minimum atomic E-state index is -0.453. The predicted octanol–water partition coefficient (Wildman–Crippen LogP) is 1.12. The zero-order chi connectivity index (χ0) is 13.5. The van der Waals surface area contributed by atoms with Gasteiger partial charge in [0.2, 0.25) is 5.91 Å². The first-order valence-corrected chi connectivity index (χ1v) is 5.85. The summed E-state index contributed by atoms with van der Waals surface area (Å²) in [7, 11) is 0. The van der Waals surface area contributed by atoms with E-state index in [4.69, 9.17) is 10.9 Å². The highest BCUT2D eigenvalue weighted by atomic mass is 16.4. The van der Waals surface area contributed by atoms with Crippen LogP contribution in [0.1, 0.15) is 19.4 Å². The standard InChI is InChI=1S/C13H19N3O2/c1-9(2)12(13(14)16-18)15-11(17)8-10-6-4-3-5-7-10/h3-7,9,12,18H,8H2,1-2H3,(H2,14,16)(H,15,17). The van der Waals surface area contributed by atoms with Crippen LogP contribution in [0.2, 0.25) is 0 Å². The second kappa shape index (κ2) is 6.64. The number of carbonyl (C=O) groups excluding carboxylic acids is 1. The second-order valence-electron chi connectivity index (χ2n) is 4.48. The number of nitrogens with two attached hydrogens (primary N) is 1. The van der Waals surface area contributed by atoms with Crippen molar-refractivity contribution < 1.29 is 10.0 Å². The summed E-state index contributed by atoms with van der Waals surface area (Å²) in [5.41, 5.74) is 6.47. The van der Waals surface area contributed by atoms with E-state index in [1.54, 1.807) is 0 Å². The highest BCUT2D eigenvalue weighted by molar-refractivity contribution is 5.90. The van der Waals surface area contributed by atoms with Crippen molar-refractivity contribution in [2.24, 2.45) is 16.8 Å². The molecule has 0 heterocycles. The van der Waals surface area contributed by atoms with E-state index in [2.05, 4.69) is 10.5 Å². The molecule has 0 fully saturated rings.